The smallest absolute Gasteiger partial charge is 0.420 e. The van der Waals surface area contributed by atoms with E-state index in [2.05, 4.69) is 11.1 Å². The summed E-state index contributed by atoms with van der Waals surface area (Å²) in [5.74, 6) is 0.370. The van der Waals surface area contributed by atoms with Crippen LogP contribution in [0.3, 0.4) is 0 Å². The lowest BCUT2D eigenvalue weighted by Crippen LogP contribution is -2.34. The first-order valence-electron chi connectivity index (χ1n) is 11.3. The molecule has 3 rings (SSSR count). The number of nitriles is 1. The highest BCUT2D eigenvalue weighted by Gasteiger charge is 2.29. The highest BCUT2D eigenvalue weighted by atomic mass is 16.6. The summed E-state index contributed by atoms with van der Waals surface area (Å²) in [7, 11) is 2.86. The molecule has 1 amide bonds. The van der Waals surface area contributed by atoms with Gasteiger partial charge >= 0.3 is 12.1 Å². The zero-order valence-corrected chi connectivity index (χ0v) is 21.5. The molecule has 0 N–H and O–H groups in total. The quantitative estimate of drug-likeness (QED) is 0.400. The van der Waals surface area contributed by atoms with E-state index in [-0.39, 0.29) is 5.56 Å². The van der Waals surface area contributed by atoms with E-state index < -0.39 is 17.7 Å². The number of ether oxygens (including phenoxy) is 3. The number of hydrogen-bond acceptors (Lipinski definition) is 7. The number of methoxy groups -OCH3 is 2. The standard InChI is InChI=1S/C28H29N3O5/c1-17-16-30-25(18(2)24(17)34-6)31(27(33)36-28(3,4)5)21-13-19(15-29)12-20(14-21)22-10-8-9-11-23(22)26(32)35-7/h8-14,16H,1-7H3. The minimum absolute atomic E-state index is 0.285. The first-order valence-corrected chi connectivity index (χ1v) is 11.3. The van der Waals surface area contributed by atoms with Gasteiger partial charge in [-0.2, -0.15) is 5.26 Å². The first kappa shape index (κ1) is 26.2. The van der Waals surface area contributed by atoms with Crippen LogP contribution < -0.4 is 9.64 Å². The molecule has 8 nitrogen and oxygen atoms in total. The summed E-state index contributed by atoms with van der Waals surface area (Å²) in [6, 6.07) is 14.0. The van der Waals surface area contributed by atoms with Gasteiger partial charge in [-0.15, -0.1) is 0 Å². The Balaban J connectivity index is 2.31. The molecule has 0 aliphatic heterocycles. The molecule has 3 aromatic rings. The van der Waals surface area contributed by atoms with E-state index in [4.69, 9.17) is 14.2 Å². The summed E-state index contributed by atoms with van der Waals surface area (Å²) in [5, 5.41) is 9.80. The second kappa shape index (κ2) is 10.5. The van der Waals surface area contributed by atoms with Crippen molar-refractivity contribution in [2.45, 2.75) is 40.2 Å². The third-order valence-corrected chi connectivity index (χ3v) is 5.36. The number of nitrogens with zero attached hydrogens (tertiary/aromatic N) is 3. The van der Waals surface area contributed by atoms with E-state index in [1.807, 2.05) is 6.92 Å². The molecule has 0 radical (unpaired) electrons. The molecule has 1 aromatic heterocycles. The molecule has 0 saturated heterocycles. The van der Waals surface area contributed by atoms with Crippen molar-refractivity contribution in [3.63, 3.8) is 0 Å². The van der Waals surface area contributed by atoms with Crippen LogP contribution in [0.25, 0.3) is 11.1 Å². The van der Waals surface area contributed by atoms with Crippen LogP contribution in [0, 0.1) is 25.2 Å². The second-order valence-electron chi connectivity index (χ2n) is 9.16. The Morgan fingerprint density at radius 3 is 2.36 bits per heavy atom. The molecule has 0 fully saturated rings. The molecular weight excluding hydrogens is 458 g/mol. The van der Waals surface area contributed by atoms with E-state index in [1.54, 1.807) is 83.5 Å². The van der Waals surface area contributed by atoms with Crippen LogP contribution in [-0.2, 0) is 9.47 Å². The number of amides is 1. The van der Waals surface area contributed by atoms with Crippen molar-refractivity contribution in [2.75, 3.05) is 19.1 Å². The SMILES string of the molecule is COC(=O)c1ccccc1-c1cc(C#N)cc(N(C(=O)OC(C)(C)C)c2ncc(C)c(OC)c2C)c1. The zero-order chi connectivity index (χ0) is 26.6. The van der Waals surface area contributed by atoms with E-state index in [0.29, 0.717) is 39.5 Å². The number of esters is 1. The number of anilines is 2. The maximum Gasteiger partial charge on any atom is 0.420 e. The Morgan fingerprint density at radius 1 is 1.06 bits per heavy atom. The minimum Gasteiger partial charge on any atom is -0.496 e. The number of pyridine rings is 1. The molecule has 0 saturated carbocycles. The van der Waals surface area contributed by atoms with Gasteiger partial charge in [0.15, 0.2) is 0 Å². The van der Waals surface area contributed by atoms with Crippen molar-refractivity contribution in [3.8, 4) is 22.9 Å². The van der Waals surface area contributed by atoms with Crippen LogP contribution in [0.4, 0.5) is 16.3 Å². The number of hydrogen-bond donors (Lipinski definition) is 0. The van der Waals surface area contributed by atoms with E-state index in [0.717, 1.165) is 5.56 Å². The van der Waals surface area contributed by atoms with Gasteiger partial charge in [0.1, 0.15) is 17.2 Å². The van der Waals surface area contributed by atoms with Crippen LogP contribution in [-0.4, -0.2) is 36.9 Å². The van der Waals surface area contributed by atoms with Gasteiger partial charge in [-0.25, -0.2) is 19.5 Å². The van der Waals surface area contributed by atoms with Gasteiger partial charge in [0.25, 0.3) is 0 Å². The molecule has 186 valence electrons. The fourth-order valence-corrected chi connectivity index (χ4v) is 3.86. The molecule has 0 aliphatic carbocycles. The lowest BCUT2D eigenvalue weighted by Gasteiger charge is -2.28. The molecule has 0 bridgehead atoms. The number of carbonyl (C=O) groups is 2. The fourth-order valence-electron chi connectivity index (χ4n) is 3.86. The van der Waals surface area contributed by atoms with Crippen LogP contribution in [0.2, 0.25) is 0 Å². The average molecular weight is 488 g/mol. The molecule has 0 aliphatic rings. The van der Waals surface area contributed by atoms with Crippen molar-refractivity contribution in [3.05, 3.63) is 70.9 Å². The summed E-state index contributed by atoms with van der Waals surface area (Å²) < 4.78 is 16.2. The molecule has 2 aromatic carbocycles. The van der Waals surface area contributed by atoms with Crippen LogP contribution in [0.5, 0.6) is 5.75 Å². The predicted molar refractivity (Wildman–Crippen MR) is 137 cm³/mol. The lowest BCUT2D eigenvalue weighted by atomic mass is 9.97. The Hall–Kier alpha value is -4.38. The first-order chi connectivity index (χ1) is 17.0. The Labute approximate surface area is 211 Å². The molecule has 36 heavy (non-hydrogen) atoms. The maximum absolute atomic E-state index is 13.5. The van der Waals surface area contributed by atoms with E-state index in [9.17, 15) is 14.9 Å². The summed E-state index contributed by atoms with van der Waals surface area (Å²) in [4.78, 5) is 31.8. The van der Waals surface area contributed by atoms with Crippen molar-refractivity contribution in [1.29, 1.82) is 5.26 Å². The molecule has 1 heterocycles. The zero-order valence-electron chi connectivity index (χ0n) is 21.5. The van der Waals surface area contributed by atoms with Crippen molar-refractivity contribution < 1.29 is 23.8 Å². The van der Waals surface area contributed by atoms with Gasteiger partial charge in [0.05, 0.1) is 37.1 Å². The molecule has 0 spiro atoms. The number of aromatic nitrogens is 1. The van der Waals surface area contributed by atoms with Crippen molar-refractivity contribution >= 4 is 23.6 Å². The Kier molecular flexibility index (Phi) is 7.64. The summed E-state index contributed by atoms with van der Waals surface area (Å²) >= 11 is 0. The van der Waals surface area contributed by atoms with Crippen LogP contribution in [0.1, 0.15) is 47.8 Å². The Bertz CT molecular complexity index is 1350. The summed E-state index contributed by atoms with van der Waals surface area (Å²) in [6.45, 7) is 8.96. The third-order valence-electron chi connectivity index (χ3n) is 5.36. The number of rotatable bonds is 5. The van der Waals surface area contributed by atoms with Gasteiger partial charge < -0.3 is 14.2 Å². The molecular formula is C28H29N3O5. The lowest BCUT2D eigenvalue weighted by molar-refractivity contribution is 0.0589. The topological polar surface area (TPSA) is 102 Å². The van der Waals surface area contributed by atoms with E-state index in [1.165, 1.54) is 12.0 Å². The van der Waals surface area contributed by atoms with Crippen molar-refractivity contribution in [1.82, 2.24) is 4.98 Å². The van der Waals surface area contributed by atoms with Crippen LogP contribution in [0.15, 0.2) is 48.7 Å². The van der Waals surface area contributed by atoms with Gasteiger partial charge in [-0.3, -0.25) is 0 Å². The fraction of sp³-hybridized carbons (Fsp3) is 0.286. The molecule has 8 heteroatoms. The summed E-state index contributed by atoms with van der Waals surface area (Å²) in [5.41, 5.74) is 2.71. The van der Waals surface area contributed by atoms with Gasteiger partial charge in [0, 0.05) is 17.3 Å². The average Bonchev–Trinajstić information content (AvgIpc) is 2.84. The van der Waals surface area contributed by atoms with Gasteiger partial charge in [0.2, 0.25) is 0 Å². The normalized spacial score (nSPS) is 10.8. The third kappa shape index (κ3) is 5.47. The Morgan fingerprint density at radius 2 is 1.75 bits per heavy atom. The maximum atomic E-state index is 13.5. The second-order valence-corrected chi connectivity index (χ2v) is 9.16. The number of benzene rings is 2. The molecule has 0 atom stereocenters. The predicted octanol–water partition coefficient (Wildman–Crippen LogP) is 6.11. The summed E-state index contributed by atoms with van der Waals surface area (Å²) in [6.07, 6.45) is 0.937. The van der Waals surface area contributed by atoms with E-state index >= 15 is 0 Å². The number of aryl methyl sites for hydroxylation is 1. The van der Waals surface area contributed by atoms with Gasteiger partial charge in [-0.1, -0.05) is 18.2 Å². The van der Waals surface area contributed by atoms with Gasteiger partial charge in [-0.05, 0) is 70.0 Å². The highest BCUT2D eigenvalue weighted by molar-refractivity contribution is 6.00. The van der Waals surface area contributed by atoms with Crippen LogP contribution >= 0.6 is 0 Å². The van der Waals surface area contributed by atoms with Crippen molar-refractivity contribution in [2.24, 2.45) is 0 Å². The number of carbonyl (C=O) groups excluding carboxylic acids is 2. The molecule has 0 unspecified atom stereocenters. The minimum atomic E-state index is -0.787. The highest BCUT2D eigenvalue weighted by Crippen LogP contribution is 2.37. The monoisotopic (exact) mass is 487 g/mol. The largest absolute Gasteiger partial charge is 0.496 e.